The van der Waals surface area contributed by atoms with Crippen molar-refractivity contribution in [2.75, 3.05) is 11.1 Å². The van der Waals surface area contributed by atoms with Crippen molar-refractivity contribution in [3.63, 3.8) is 0 Å². The van der Waals surface area contributed by atoms with E-state index in [0.717, 1.165) is 0 Å². The molecule has 0 bridgehead atoms. The standard InChI is InChI=1S/C13H11N7O/c14-12-11(16-3-4-17-12)13(21)19-9-1-2-10(18-7-9)20-6-5-15-8-20/h1-8H,(H2,14,17)(H,19,21). The number of pyridine rings is 1. The van der Waals surface area contributed by atoms with Crippen molar-refractivity contribution >= 4 is 17.4 Å². The van der Waals surface area contributed by atoms with Gasteiger partial charge in [0.05, 0.1) is 11.9 Å². The van der Waals surface area contributed by atoms with Crippen molar-refractivity contribution in [3.05, 3.63) is 55.1 Å². The molecule has 8 heteroatoms. The van der Waals surface area contributed by atoms with Gasteiger partial charge in [-0.2, -0.15) is 0 Å². The molecule has 8 nitrogen and oxygen atoms in total. The van der Waals surface area contributed by atoms with Gasteiger partial charge in [-0.05, 0) is 12.1 Å². The van der Waals surface area contributed by atoms with Crippen molar-refractivity contribution in [2.45, 2.75) is 0 Å². The summed E-state index contributed by atoms with van der Waals surface area (Å²) in [5.74, 6) is 0.347. The second kappa shape index (κ2) is 5.37. The minimum absolute atomic E-state index is 0.0798. The Balaban J connectivity index is 1.77. The average Bonchev–Trinajstić information content (AvgIpc) is 3.02. The SMILES string of the molecule is Nc1nccnc1C(=O)Nc1ccc(-n2ccnc2)nc1. The molecule has 21 heavy (non-hydrogen) atoms. The third-order valence-electron chi connectivity index (χ3n) is 2.72. The van der Waals surface area contributed by atoms with E-state index in [1.54, 1.807) is 41.6 Å². The fourth-order valence-corrected chi connectivity index (χ4v) is 1.72. The van der Waals surface area contributed by atoms with Gasteiger partial charge in [0.25, 0.3) is 5.91 Å². The highest BCUT2D eigenvalue weighted by Gasteiger charge is 2.12. The van der Waals surface area contributed by atoms with Crippen molar-refractivity contribution in [2.24, 2.45) is 0 Å². The lowest BCUT2D eigenvalue weighted by atomic mass is 10.3. The number of amides is 1. The molecule has 3 rings (SSSR count). The molecule has 3 aromatic heterocycles. The van der Waals surface area contributed by atoms with Gasteiger partial charge in [-0.25, -0.2) is 19.9 Å². The highest BCUT2D eigenvalue weighted by atomic mass is 16.1. The summed E-state index contributed by atoms with van der Waals surface area (Å²) in [6, 6.07) is 3.49. The number of hydrogen-bond acceptors (Lipinski definition) is 6. The monoisotopic (exact) mass is 281 g/mol. The molecular weight excluding hydrogens is 270 g/mol. The average molecular weight is 281 g/mol. The molecule has 3 heterocycles. The second-order valence-electron chi connectivity index (χ2n) is 4.12. The van der Waals surface area contributed by atoms with Crippen LogP contribution in [-0.2, 0) is 0 Å². The van der Waals surface area contributed by atoms with E-state index in [0.29, 0.717) is 11.5 Å². The van der Waals surface area contributed by atoms with Crippen LogP contribution in [0.1, 0.15) is 10.5 Å². The number of hydrogen-bond donors (Lipinski definition) is 2. The van der Waals surface area contributed by atoms with Crippen LogP contribution < -0.4 is 11.1 Å². The summed E-state index contributed by atoms with van der Waals surface area (Å²) in [5, 5.41) is 2.66. The van der Waals surface area contributed by atoms with Gasteiger partial charge >= 0.3 is 0 Å². The van der Waals surface area contributed by atoms with Crippen LogP contribution in [-0.4, -0.2) is 30.4 Å². The first-order valence-electron chi connectivity index (χ1n) is 6.06. The maximum atomic E-state index is 12.0. The van der Waals surface area contributed by atoms with Gasteiger partial charge in [0.2, 0.25) is 0 Å². The highest BCUT2D eigenvalue weighted by molar-refractivity contribution is 6.05. The summed E-state index contributed by atoms with van der Waals surface area (Å²) in [5.41, 5.74) is 6.22. The Labute approximate surface area is 119 Å². The van der Waals surface area contributed by atoms with Crippen LogP contribution in [0, 0.1) is 0 Å². The van der Waals surface area contributed by atoms with Gasteiger partial charge < -0.3 is 11.1 Å². The van der Waals surface area contributed by atoms with E-state index >= 15 is 0 Å². The van der Waals surface area contributed by atoms with Crippen molar-refractivity contribution in [3.8, 4) is 5.82 Å². The van der Waals surface area contributed by atoms with Gasteiger partial charge in [-0.1, -0.05) is 0 Å². The molecule has 0 spiro atoms. The first-order chi connectivity index (χ1) is 10.2. The number of nitrogen functional groups attached to an aromatic ring is 1. The van der Waals surface area contributed by atoms with Crippen LogP contribution in [0.3, 0.4) is 0 Å². The number of nitrogens with zero attached hydrogens (tertiary/aromatic N) is 5. The molecule has 0 aromatic carbocycles. The van der Waals surface area contributed by atoms with E-state index in [2.05, 4.69) is 25.3 Å². The van der Waals surface area contributed by atoms with E-state index in [4.69, 9.17) is 5.73 Å². The Hall–Kier alpha value is -3.29. The van der Waals surface area contributed by atoms with Crippen LogP contribution in [0.25, 0.3) is 5.82 Å². The number of anilines is 2. The first-order valence-corrected chi connectivity index (χ1v) is 6.06. The largest absolute Gasteiger partial charge is 0.382 e. The summed E-state index contributed by atoms with van der Waals surface area (Å²) in [6.45, 7) is 0. The lowest BCUT2D eigenvalue weighted by Crippen LogP contribution is -2.16. The highest BCUT2D eigenvalue weighted by Crippen LogP contribution is 2.12. The molecular formula is C13H11N7O. The molecule has 1 amide bonds. The van der Waals surface area contributed by atoms with E-state index in [1.807, 2.05) is 0 Å². The number of aromatic nitrogens is 5. The summed E-state index contributed by atoms with van der Waals surface area (Å²) in [4.78, 5) is 27.9. The van der Waals surface area contributed by atoms with Gasteiger partial charge in [0.15, 0.2) is 11.5 Å². The van der Waals surface area contributed by atoms with Gasteiger partial charge in [-0.3, -0.25) is 9.36 Å². The Morgan fingerprint density at radius 3 is 2.67 bits per heavy atom. The number of nitrogens with two attached hydrogens (primary N) is 1. The Morgan fingerprint density at radius 2 is 2.00 bits per heavy atom. The normalized spacial score (nSPS) is 10.3. The number of rotatable bonds is 3. The minimum atomic E-state index is -0.433. The number of imidazole rings is 1. The predicted molar refractivity (Wildman–Crippen MR) is 75.8 cm³/mol. The topological polar surface area (TPSA) is 112 Å². The summed E-state index contributed by atoms with van der Waals surface area (Å²) >= 11 is 0. The maximum absolute atomic E-state index is 12.0. The summed E-state index contributed by atoms with van der Waals surface area (Å²) in [7, 11) is 0. The Morgan fingerprint density at radius 1 is 1.14 bits per heavy atom. The van der Waals surface area contributed by atoms with Crippen LogP contribution in [0.2, 0.25) is 0 Å². The van der Waals surface area contributed by atoms with E-state index in [1.165, 1.54) is 12.4 Å². The molecule has 0 aliphatic carbocycles. The smallest absolute Gasteiger partial charge is 0.278 e. The quantitative estimate of drug-likeness (QED) is 0.737. The molecule has 0 atom stereocenters. The van der Waals surface area contributed by atoms with Crippen LogP contribution in [0.4, 0.5) is 11.5 Å². The zero-order valence-corrected chi connectivity index (χ0v) is 10.8. The van der Waals surface area contributed by atoms with E-state index in [-0.39, 0.29) is 11.5 Å². The molecule has 0 unspecified atom stereocenters. The number of nitrogens with one attached hydrogen (secondary N) is 1. The van der Waals surface area contributed by atoms with Gasteiger partial charge in [0, 0.05) is 24.8 Å². The molecule has 3 aromatic rings. The van der Waals surface area contributed by atoms with Gasteiger partial charge in [0.1, 0.15) is 12.1 Å². The second-order valence-corrected chi connectivity index (χ2v) is 4.12. The van der Waals surface area contributed by atoms with Crippen LogP contribution in [0.5, 0.6) is 0 Å². The van der Waals surface area contributed by atoms with E-state index in [9.17, 15) is 4.79 Å². The Kier molecular flexibility index (Phi) is 3.26. The van der Waals surface area contributed by atoms with Crippen LogP contribution in [0.15, 0.2) is 49.4 Å². The van der Waals surface area contributed by atoms with Gasteiger partial charge in [-0.15, -0.1) is 0 Å². The summed E-state index contributed by atoms with van der Waals surface area (Å²) < 4.78 is 1.76. The minimum Gasteiger partial charge on any atom is -0.382 e. The molecule has 0 aliphatic heterocycles. The molecule has 0 fully saturated rings. The summed E-state index contributed by atoms with van der Waals surface area (Å²) in [6.07, 6.45) is 9.45. The van der Waals surface area contributed by atoms with Crippen LogP contribution >= 0.6 is 0 Å². The lowest BCUT2D eigenvalue weighted by Gasteiger charge is -2.06. The van der Waals surface area contributed by atoms with Crippen molar-refractivity contribution < 1.29 is 4.79 Å². The fourth-order valence-electron chi connectivity index (χ4n) is 1.72. The molecule has 3 N–H and O–H groups in total. The fraction of sp³-hybridized carbons (Fsp3) is 0. The van der Waals surface area contributed by atoms with Crippen molar-refractivity contribution in [1.29, 1.82) is 0 Å². The molecule has 104 valence electrons. The molecule has 0 saturated carbocycles. The number of carbonyl (C=O) groups is 1. The lowest BCUT2D eigenvalue weighted by molar-refractivity contribution is 0.102. The molecule has 0 radical (unpaired) electrons. The third-order valence-corrected chi connectivity index (χ3v) is 2.72. The Bertz CT molecular complexity index is 752. The molecule has 0 saturated heterocycles. The predicted octanol–water partition coefficient (Wildman–Crippen LogP) is 0.892. The number of carbonyl (C=O) groups excluding carboxylic acids is 1. The third kappa shape index (κ3) is 2.68. The van der Waals surface area contributed by atoms with E-state index < -0.39 is 5.91 Å². The zero-order valence-electron chi connectivity index (χ0n) is 10.8. The maximum Gasteiger partial charge on any atom is 0.278 e. The molecule has 0 aliphatic rings. The zero-order chi connectivity index (χ0) is 14.7. The first kappa shape index (κ1) is 12.7. The van der Waals surface area contributed by atoms with Crippen molar-refractivity contribution in [1.82, 2.24) is 24.5 Å².